The zero-order chi connectivity index (χ0) is 13.1. The summed E-state index contributed by atoms with van der Waals surface area (Å²) in [6, 6.07) is 0. The highest BCUT2D eigenvalue weighted by atomic mass is 35.5. The lowest BCUT2D eigenvalue weighted by Gasteiger charge is -2.01. The molecule has 9 heteroatoms. The van der Waals surface area contributed by atoms with Crippen molar-refractivity contribution in [2.75, 3.05) is 5.75 Å². The standard InChI is InChI=1S/C8H11ClN2O5S/c9-6-5(7(12)11-8(13)10-6)3-1-2-4-17(14,15)16/h1-4H2,(H,14,15,16)(H2,10,11,12,13). The van der Waals surface area contributed by atoms with Crippen LogP contribution in [0.25, 0.3) is 0 Å². The number of hydrogen-bond acceptors (Lipinski definition) is 4. The van der Waals surface area contributed by atoms with Crippen LogP contribution in [0.4, 0.5) is 0 Å². The molecule has 0 fully saturated rings. The van der Waals surface area contributed by atoms with Crippen molar-refractivity contribution >= 4 is 21.7 Å². The summed E-state index contributed by atoms with van der Waals surface area (Å²) in [5.41, 5.74) is -1.09. The van der Waals surface area contributed by atoms with Crippen molar-refractivity contribution in [3.63, 3.8) is 0 Å². The minimum atomic E-state index is -3.98. The van der Waals surface area contributed by atoms with Crippen LogP contribution in [0.2, 0.25) is 5.15 Å². The van der Waals surface area contributed by atoms with E-state index in [0.29, 0.717) is 6.42 Å². The van der Waals surface area contributed by atoms with Gasteiger partial charge < -0.3 is 0 Å². The molecule has 0 bridgehead atoms. The van der Waals surface area contributed by atoms with Gasteiger partial charge in [-0.15, -0.1) is 0 Å². The molecule has 7 nitrogen and oxygen atoms in total. The zero-order valence-electron chi connectivity index (χ0n) is 8.69. The van der Waals surface area contributed by atoms with Gasteiger partial charge in [-0.3, -0.25) is 19.3 Å². The smallest absolute Gasteiger partial charge is 0.297 e. The molecule has 1 aromatic rings. The molecule has 0 radical (unpaired) electrons. The van der Waals surface area contributed by atoms with Gasteiger partial charge in [-0.1, -0.05) is 11.6 Å². The number of H-pyrrole nitrogens is 2. The fourth-order valence-corrected chi connectivity index (χ4v) is 2.13. The second kappa shape index (κ2) is 5.48. The van der Waals surface area contributed by atoms with Crippen molar-refractivity contribution in [3.05, 3.63) is 31.6 Å². The van der Waals surface area contributed by atoms with E-state index >= 15 is 0 Å². The third-order valence-electron chi connectivity index (χ3n) is 2.07. The van der Waals surface area contributed by atoms with E-state index in [1.54, 1.807) is 0 Å². The second-order valence-corrected chi connectivity index (χ2v) is 5.39. The lowest BCUT2D eigenvalue weighted by Crippen LogP contribution is -2.25. The van der Waals surface area contributed by atoms with Crippen LogP contribution in [-0.2, 0) is 16.5 Å². The maximum atomic E-state index is 11.3. The van der Waals surface area contributed by atoms with E-state index in [0.717, 1.165) is 0 Å². The van der Waals surface area contributed by atoms with Crippen LogP contribution in [0, 0.1) is 0 Å². The first kappa shape index (κ1) is 13.9. The molecule has 0 saturated carbocycles. The molecule has 0 aliphatic carbocycles. The molecule has 0 atom stereocenters. The number of aromatic nitrogens is 2. The summed E-state index contributed by atoms with van der Waals surface area (Å²) in [4.78, 5) is 26.4. The Bertz CT molecular complexity index is 603. The molecule has 0 saturated heterocycles. The minimum Gasteiger partial charge on any atom is -0.297 e. The van der Waals surface area contributed by atoms with E-state index in [1.165, 1.54) is 0 Å². The molecular weight excluding hydrogens is 272 g/mol. The van der Waals surface area contributed by atoms with Crippen molar-refractivity contribution in [1.82, 2.24) is 9.97 Å². The molecule has 0 amide bonds. The Morgan fingerprint density at radius 1 is 1.18 bits per heavy atom. The number of hydrogen-bond donors (Lipinski definition) is 3. The van der Waals surface area contributed by atoms with Crippen LogP contribution < -0.4 is 11.2 Å². The quantitative estimate of drug-likeness (QED) is 0.396. The summed E-state index contributed by atoms with van der Waals surface area (Å²) in [5, 5.41) is -0.0504. The average Bonchev–Trinajstić information content (AvgIpc) is 2.13. The summed E-state index contributed by atoms with van der Waals surface area (Å²) < 4.78 is 29.4. The topological polar surface area (TPSA) is 120 Å². The van der Waals surface area contributed by atoms with E-state index in [4.69, 9.17) is 16.2 Å². The van der Waals surface area contributed by atoms with E-state index in [-0.39, 0.29) is 29.3 Å². The summed E-state index contributed by atoms with van der Waals surface area (Å²) in [5.74, 6) is -0.369. The maximum absolute atomic E-state index is 11.3. The Hall–Kier alpha value is -1.12. The Balaban J connectivity index is 2.65. The van der Waals surface area contributed by atoms with Gasteiger partial charge in [-0.2, -0.15) is 8.42 Å². The molecule has 0 aromatic carbocycles. The molecule has 3 N–H and O–H groups in total. The molecule has 1 heterocycles. The van der Waals surface area contributed by atoms with Crippen molar-refractivity contribution < 1.29 is 13.0 Å². The minimum absolute atomic E-state index is 0.0504. The largest absolute Gasteiger partial charge is 0.326 e. The van der Waals surface area contributed by atoms with Crippen molar-refractivity contribution in [2.45, 2.75) is 19.3 Å². The van der Waals surface area contributed by atoms with Crippen molar-refractivity contribution in [1.29, 1.82) is 0 Å². The third-order valence-corrected chi connectivity index (χ3v) is 3.20. The van der Waals surface area contributed by atoms with Crippen LogP contribution in [0.15, 0.2) is 9.59 Å². The Morgan fingerprint density at radius 3 is 2.35 bits per heavy atom. The number of aromatic amines is 2. The first-order chi connectivity index (χ1) is 7.79. The summed E-state index contributed by atoms with van der Waals surface area (Å²) in [6.07, 6.45) is 0.781. The predicted molar refractivity (Wildman–Crippen MR) is 62.0 cm³/mol. The van der Waals surface area contributed by atoms with E-state index < -0.39 is 21.4 Å². The van der Waals surface area contributed by atoms with Crippen LogP contribution in [0.3, 0.4) is 0 Å². The van der Waals surface area contributed by atoms with Crippen molar-refractivity contribution in [2.24, 2.45) is 0 Å². The monoisotopic (exact) mass is 282 g/mol. The second-order valence-electron chi connectivity index (χ2n) is 3.44. The number of nitrogens with one attached hydrogen (secondary N) is 2. The zero-order valence-corrected chi connectivity index (χ0v) is 10.3. The number of unbranched alkanes of at least 4 members (excludes halogenated alkanes) is 1. The van der Waals surface area contributed by atoms with E-state index in [1.807, 2.05) is 4.98 Å². The normalized spacial score (nSPS) is 11.6. The molecule has 96 valence electrons. The number of halogens is 1. The van der Waals surface area contributed by atoms with Crippen molar-refractivity contribution in [3.8, 4) is 0 Å². The van der Waals surface area contributed by atoms with Crippen LogP contribution in [0.1, 0.15) is 18.4 Å². The summed E-state index contributed by atoms with van der Waals surface area (Å²) in [6.45, 7) is 0. The lowest BCUT2D eigenvalue weighted by molar-refractivity contribution is 0.480. The van der Waals surface area contributed by atoms with Gasteiger partial charge in [-0.25, -0.2) is 4.79 Å². The molecule has 17 heavy (non-hydrogen) atoms. The van der Waals surface area contributed by atoms with E-state index in [2.05, 4.69) is 4.98 Å². The third kappa shape index (κ3) is 4.72. The summed E-state index contributed by atoms with van der Waals surface area (Å²) >= 11 is 5.66. The van der Waals surface area contributed by atoms with Gasteiger partial charge in [0.25, 0.3) is 15.7 Å². The SMILES string of the molecule is O=c1[nH]c(Cl)c(CCCCS(=O)(=O)O)c(=O)[nH]1. The lowest BCUT2D eigenvalue weighted by atomic mass is 10.1. The Morgan fingerprint density at radius 2 is 1.82 bits per heavy atom. The number of rotatable bonds is 5. The Labute approximate surface area is 102 Å². The van der Waals surface area contributed by atoms with Crippen LogP contribution in [-0.4, -0.2) is 28.7 Å². The average molecular weight is 283 g/mol. The van der Waals surface area contributed by atoms with Gasteiger partial charge in [0.1, 0.15) is 5.15 Å². The highest BCUT2D eigenvalue weighted by Gasteiger charge is 2.09. The molecule has 0 spiro atoms. The molecule has 0 unspecified atom stereocenters. The predicted octanol–water partition coefficient (Wildman–Crippen LogP) is -0.0729. The molecule has 0 aliphatic rings. The van der Waals surface area contributed by atoms with Gasteiger partial charge >= 0.3 is 5.69 Å². The first-order valence-corrected chi connectivity index (χ1v) is 6.74. The van der Waals surface area contributed by atoms with Gasteiger partial charge in [0, 0.05) is 0 Å². The highest BCUT2D eigenvalue weighted by Crippen LogP contribution is 2.09. The molecular formula is C8H11ClN2O5S. The van der Waals surface area contributed by atoms with Crippen LogP contribution >= 0.6 is 11.6 Å². The fourth-order valence-electron chi connectivity index (χ4n) is 1.29. The van der Waals surface area contributed by atoms with Gasteiger partial charge in [0.05, 0.1) is 11.3 Å². The van der Waals surface area contributed by atoms with Gasteiger partial charge in [0.15, 0.2) is 0 Å². The van der Waals surface area contributed by atoms with Gasteiger partial charge in [-0.05, 0) is 19.3 Å². The van der Waals surface area contributed by atoms with Gasteiger partial charge in [0.2, 0.25) is 0 Å². The molecule has 1 rings (SSSR count). The first-order valence-electron chi connectivity index (χ1n) is 4.76. The van der Waals surface area contributed by atoms with E-state index in [9.17, 15) is 18.0 Å². The Kier molecular flexibility index (Phi) is 4.49. The van der Waals surface area contributed by atoms with Crippen LogP contribution in [0.5, 0.6) is 0 Å². The maximum Gasteiger partial charge on any atom is 0.326 e. The summed E-state index contributed by atoms with van der Waals surface area (Å²) in [7, 11) is -3.98. The molecule has 0 aliphatic heterocycles. The highest BCUT2D eigenvalue weighted by molar-refractivity contribution is 7.85. The molecule has 1 aromatic heterocycles. The fraction of sp³-hybridized carbons (Fsp3) is 0.500.